The van der Waals surface area contributed by atoms with Crippen LogP contribution in [0.2, 0.25) is 0 Å². The van der Waals surface area contributed by atoms with Gasteiger partial charge in [0.2, 0.25) is 0 Å². The summed E-state index contributed by atoms with van der Waals surface area (Å²) >= 11 is 0. The molecule has 1 heterocycles. The van der Waals surface area contributed by atoms with Crippen molar-refractivity contribution in [2.24, 2.45) is 11.8 Å². The van der Waals surface area contributed by atoms with Gasteiger partial charge in [0.1, 0.15) is 0 Å². The molecule has 0 spiro atoms. The second-order valence-corrected chi connectivity index (χ2v) is 4.60. The van der Waals surface area contributed by atoms with Gasteiger partial charge in [0.25, 0.3) is 0 Å². The summed E-state index contributed by atoms with van der Waals surface area (Å²) in [7, 11) is 0. The van der Waals surface area contributed by atoms with E-state index in [-0.39, 0.29) is 0 Å². The molecular formula is C11H24N2. The lowest BCUT2D eigenvalue weighted by Gasteiger charge is -2.22. The van der Waals surface area contributed by atoms with E-state index in [0.717, 1.165) is 11.8 Å². The van der Waals surface area contributed by atoms with Gasteiger partial charge in [-0.2, -0.15) is 0 Å². The van der Waals surface area contributed by atoms with E-state index in [1.165, 1.54) is 45.4 Å². The van der Waals surface area contributed by atoms with E-state index < -0.39 is 0 Å². The Hall–Kier alpha value is -0.0800. The van der Waals surface area contributed by atoms with Crippen molar-refractivity contribution in [2.75, 3.05) is 26.2 Å². The molecule has 1 rings (SSSR count). The Bertz CT molecular complexity index is 117. The van der Waals surface area contributed by atoms with Crippen LogP contribution in [0.15, 0.2) is 0 Å². The highest BCUT2D eigenvalue weighted by Crippen LogP contribution is 2.12. The summed E-state index contributed by atoms with van der Waals surface area (Å²) < 4.78 is 0. The second-order valence-electron chi connectivity index (χ2n) is 4.60. The Morgan fingerprint density at radius 2 is 2.31 bits per heavy atom. The molecule has 13 heavy (non-hydrogen) atoms. The van der Waals surface area contributed by atoms with E-state index in [1.54, 1.807) is 0 Å². The minimum Gasteiger partial charge on any atom is -0.316 e. The molecule has 1 aliphatic rings. The first-order valence-electron chi connectivity index (χ1n) is 5.70. The summed E-state index contributed by atoms with van der Waals surface area (Å²) in [6.07, 6.45) is 4.14. The topological polar surface area (TPSA) is 24.1 Å². The molecule has 1 atom stereocenters. The van der Waals surface area contributed by atoms with Crippen LogP contribution in [0.1, 0.15) is 33.1 Å². The average molecular weight is 184 g/mol. The third-order valence-electron chi connectivity index (χ3n) is 2.68. The predicted octanol–water partition coefficient (Wildman–Crippen LogP) is 1.62. The predicted molar refractivity (Wildman–Crippen MR) is 57.9 cm³/mol. The smallest absolute Gasteiger partial charge is 0.00200 e. The molecule has 1 unspecified atom stereocenters. The van der Waals surface area contributed by atoms with Crippen LogP contribution in [0.25, 0.3) is 0 Å². The zero-order valence-electron chi connectivity index (χ0n) is 9.10. The lowest BCUT2D eigenvalue weighted by atomic mass is 9.96. The highest BCUT2D eigenvalue weighted by atomic mass is 14.9. The van der Waals surface area contributed by atoms with Gasteiger partial charge in [-0.05, 0) is 57.3 Å². The fourth-order valence-corrected chi connectivity index (χ4v) is 1.87. The van der Waals surface area contributed by atoms with Crippen LogP contribution in [0, 0.1) is 11.8 Å². The third-order valence-corrected chi connectivity index (χ3v) is 2.68. The Kier molecular flexibility index (Phi) is 5.40. The Morgan fingerprint density at radius 3 is 2.92 bits per heavy atom. The number of hydrogen-bond acceptors (Lipinski definition) is 2. The van der Waals surface area contributed by atoms with Crippen LogP contribution in [0.4, 0.5) is 0 Å². The van der Waals surface area contributed by atoms with E-state index in [9.17, 15) is 0 Å². The molecule has 0 aromatic heterocycles. The molecule has 0 aliphatic carbocycles. The zero-order chi connectivity index (χ0) is 9.52. The van der Waals surface area contributed by atoms with Gasteiger partial charge in [-0.3, -0.25) is 0 Å². The monoisotopic (exact) mass is 184 g/mol. The summed E-state index contributed by atoms with van der Waals surface area (Å²) in [6, 6.07) is 0. The minimum atomic E-state index is 0.782. The molecule has 0 radical (unpaired) electrons. The summed E-state index contributed by atoms with van der Waals surface area (Å²) in [5.74, 6) is 1.71. The van der Waals surface area contributed by atoms with Crippen LogP contribution in [-0.4, -0.2) is 26.2 Å². The maximum absolute atomic E-state index is 3.50. The van der Waals surface area contributed by atoms with Crippen molar-refractivity contribution in [3.05, 3.63) is 0 Å². The number of hydrogen-bond donors (Lipinski definition) is 2. The Labute approximate surface area is 82.5 Å². The maximum Gasteiger partial charge on any atom is -0.00200 e. The zero-order valence-corrected chi connectivity index (χ0v) is 9.10. The largest absolute Gasteiger partial charge is 0.316 e. The van der Waals surface area contributed by atoms with Crippen LogP contribution in [-0.2, 0) is 0 Å². The van der Waals surface area contributed by atoms with Gasteiger partial charge in [-0.15, -0.1) is 0 Å². The van der Waals surface area contributed by atoms with E-state index in [4.69, 9.17) is 0 Å². The maximum atomic E-state index is 3.50. The van der Waals surface area contributed by atoms with E-state index in [1.807, 2.05) is 0 Å². The van der Waals surface area contributed by atoms with Crippen molar-refractivity contribution < 1.29 is 0 Å². The fourth-order valence-electron chi connectivity index (χ4n) is 1.87. The summed E-state index contributed by atoms with van der Waals surface area (Å²) in [6.45, 7) is 9.36. The molecule has 2 nitrogen and oxygen atoms in total. The lowest BCUT2D eigenvalue weighted by molar-refractivity contribution is 0.349. The molecular weight excluding hydrogens is 160 g/mol. The van der Waals surface area contributed by atoms with Gasteiger partial charge in [0.15, 0.2) is 0 Å². The summed E-state index contributed by atoms with van der Waals surface area (Å²) in [5.41, 5.74) is 0. The quantitative estimate of drug-likeness (QED) is 0.635. The highest BCUT2D eigenvalue weighted by Gasteiger charge is 2.11. The van der Waals surface area contributed by atoms with Crippen molar-refractivity contribution in [2.45, 2.75) is 33.1 Å². The molecule has 1 aliphatic heterocycles. The molecule has 2 heteroatoms. The first-order chi connectivity index (χ1) is 6.29. The molecule has 1 fully saturated rings. The van der Waals surface area contributed by atoms with Gasteiger partial charge < -0.3 is 10.6 Å². The van der Waals surface area contributed by atoms with Gasteiger partial charge in [0, 0.05) is 0 Å². The normalized spacial score (nSPS) is 23.8. The summed E-state index contributed by atoms with van der Waals surface area (Å²) in [5, 5.41) is 6.96. The Morgan fingerprint density at radius 1 is 1.46 bits per heavy atom. The molecule has 78 valence electrons. The molecule has 0 bridgehead atoms. The standard InChI is InChI=1S/C11H24N2/c1-10(2)8-13-7-5-11-4-3-6-12-9-11/h10-13H,3-9H2,1-2H3. The SMILES string of the molecule is CC(C)CNCCC1CCCNC1. The van der Waals surface area contributed by atoms with Crippen molar-refractivity contribution in [3.63, 3.8) is 0 Å². The first kappa shape index (κ1) is 11.0. The average Bonchev–Trinajstić information content (AvgIpc) is 2.14. The van der Waals surface area contributed by atoms with E-state index >= 15 is 0 Å². The molecule has 0 saturated carbocycles. The first-order valence-corrected chi connectivity index (χ1v) is 5.70. The highest BCUT2D eigenvalue weighted by molar-refractivity contribution is 4.69. The van der Waals surface area contributed by atoms with Crippen LogP contribution in [0.3, 0.4) is 0 Å². The minimum absolute atomic E-state index is 0.782. The van der Waals surface area contributed by atoms with Crippen LogP contribution in [0.5, 0.6) is 0 Å². The van der Waals surface area contributed by atoms with Gasteiger partial charge >= 0.3 is 0 Å². The third kappa shape index (κ3) is 5.27. The van der Waals surface area contributed by atoms with Gasteiger partial charge in [-0.1, -0.05) is 13.8 Å². The summed E-state index contributed by atoms with van der Waals surface area (Å²) in [4.78, 5) is 0. The molecule has 0 aromatic carbocycles. The number of rotatable bonds is 5. The van der Waals surface area contributed by atoms with Crippen LogP contribution >= 0.6 is 0 Å². The van der Waals surface area contributed by atoms with Crippen LogP contribution < -0.4 is 10.6 Å². The second kappa shape index (κ2) is 6.39. The van der Waals surface area contributed by atoms with E-state index in [2.05, 4.69) is 24.5 Å². The van der Waals surface area contributed by atoms with E-state index in [0.29, 0.717) is 0 Å². The number of piperidine rings is 1. The number of nitrogens with one attached hydrogen (secondary N) is 2. The Balaban J connectivity index is 1.92. The molecule has 0 amide bonds. The van der Waals surface area contributed by atoms with Gasteiger partial charge in [0.05, 0.1) is 0 Å². The molecule has 2 N–H and O–H groups in total. The van der Waals surface area contributed by atoms with Crippen molar-refractivity contribution >= 4 is 0 Å². The van der Waals surface area contributed by atoms with Crippen molar-refractivity contribution in [3.8, 4) is 0 Å². The van der Waals surface area contributed by atoms with Crippen molar-refractivity contribution in [1.82, 2.24) is 10.6 Å². The lowest BCUT2D eigenvalue weighted by Crippen LogP contribution is -2.32. The van der Waals surface area contributed by atoms with Gasteiger partial charge in [-0.25, -0.2) is 0 Å². The fraction of sp³-hybridized carbons (Fsp3) is 1.00. The molecule has 1 saturated heterocycles. The molecule has 0 aromatic rings. The van der Waals surface area contributed by atoms with Crippen molar-refractivity contribution in [1.29, 1.82) is 0 Å².